The van der Waals surface area contributed by atoms with Gasteiger partial charge in [0.1, 0.15) is 5.69 Å². The molecule has 0 bridgehead atoms. The monoisotopic (exact) mass is 395 g/mol. The number of carbonyl (C=O) groups is 1. The molecule has 1 N–H and O–H groups in total. The third-order valence-electron chi connectivity index (χ3n) is 3.97. The highest BCUT2D eigenvalue weighted by Gasteiger charge is 2.31. The number of hydrogen-bond acceptors (Lipinski definition) is 3. The minimum absolute atomic E-state index is 0.0239. The molecule has 10 heteroatoms. The molecule has 0 aromatic heterocycles. The average Bonchev–Trinajstić information content (AvgIpc) is 2.58. The van der Waals surface area contributed by atoms with Crippen LogP contribution in [0.5, 0.6) is 0 Å². The molecule has 1 aromatic rings. The van der Waals surface area contributed by atoms with E-state index in [9.17, 15) is 26.7 Å². The molecule has 1 fully saturated rings. The number of benzene rings is 1. The summed E-state index contributed by atoms with van der Waals surface area (Å²) >= 11 is 5.14. The van der Waals surface area contributed by atoms with Crippen molar-refractivity contribution in [2.24, 2.45) is 5.41 Å². The molecule has 0 aliphatic carbocycles. The number of anilines is 1. The van der Waals surface area contributed by atoms with Crippen molar-refractivity contribution in [3.05, 3.63) is 29.1 Å². The second-order valence-electron chi connectivity index (χ2n) is 6.90. The summed E-state index contributed by atoms with van der Waals surface area (Å²) in [6, 6.07) is 0. The van der Waals surface area contributed by atoms with Gasteiger partial charge in [-0.25, -0.2) is 22.0 Å². The lowest BCUT2D eigenvalue weighted by Crippen LogP contribution is -2.54. The molecule has 1 aliphatic rings. The topological polar surface area (TPSA) is 35.6 Å². The Morgan fingerprint density at radius 2 is 1.31 bits per heavy atom. The number of nitrogens with one attached hydrogen (secondary N) is 1. The predicted molar refractivity (Wildman–Crippen MR) is 90.2 cm³/mol. The van der Waals surface area contributed by atoms with Gasteiger partial charge in [-0.15, -0.1) is 0 Å². The van der Waals surface area contributed by atoms with E-state index in [1.807, 2.05) is 0 Å². The SMILES string of the molecule is CC(C)(C)C(=O)NC(=S)N1CCN(c2c(F)c(F)c(F)c(F)c2F)CC1. The largest absolute Gasteiger partial charge is 0.363 e. The second kappa shape index (κ2) is 7.34. The quantitative estimate of drug-likeness (QED) is 0.343. The number of thiocarbonyl (C=S) groups is 1. The Morgan fingerprint density at radius 1 is 0.885 bits per heavy atom. The Morgan fingerprint density at radius 3 is 1.73 bits per heavy atom. The van der Waals surface area contributed by atoms with Crippen molar-refractivity contribution in [3.63, 3.8) is 0 Å². The van der Waals surface area contributed by atoms with E-state index in [0.29, 0.717) is 0 Å². The zero-order valence-corrected chi connectivity index (χ0v) is 15.2. The third-order valence-corrected chi connectivity index (χ3v) is 4.33. The molecular formula is C16H18F5N3OS. The zero-order chi connectivity index (χ0) is 19.8. The minimum atomic E-state index is -2.19. The molecule has 26 heavy (non-hydrogen) atoms. The van der Waals surface area contributed by atoms with Crippen molar-refractivity contribution >= 4 is 28.9 Å². The van der Waals surface area contributed by atoms with E-state index in [-0.39, 0.29) is 37.2 Å². The first-order valence-corrected chi connectivity index (χ1v) is 8.22. The summed E-state index contributed by atoms with van der Waals surface area (Å²) in [6.07, 6.45) is 0. The number of hydrogen-bond donors (Lipinski definition) is 1. The number of rotatable bonds is 1. The fourth-order valence-corrected chi connectivity index (χ4v) is 2.64. The van der Waals surface area contributed by atoms with Crippen LogP contribution in [0.1, 0.15) is 20.8 Å². The maximum Gasteiger partial charge on any atom is 0.231 e. The number of halogens is 5. The Balaban J connectivity index is 2.10. The Labute approximate surface area is 152 Å². The summed E-state index contributed by atoms with van der Waals surface area (Å²) in [4.78, 5) is 14.6. The summed E-state index contributed by atoms with van der Waals surface area (Å²) in [6.45, 7) is 5.41. The lowest BCUT2D eigenvalue weighted by Gasteiger charge is -2.37. The third kappa shape index (κ3) is 3.89. The standard InChI is InChI=1S/C16H18F5N3OS/c1-16(2,3)14(25)22-15(26)24-6-4-23(5-7-24)13-11(20)9(18)8(17)10(19)12(13)21/h4-7H2,1-3H3,(H,22,25,26). The van der Waals surface area contributed by atoms with E-state index < -0.39 is 40.2 Å². The highest BCUT2D eigenvalue weighted by Crippen LogP contribution is 2.30. The summed E-state index contributed by atoms with van der Waals surface area (Å²) < 4.78 is 67.6. The van der Waals surface area contributed by atoms with Gasteiger partial charge in [0.15, 0.2) is 28.4 Å². The normalized spacial score (nSPS) is 15.2. The molecule has 0 saturated carbocycles. The first-order valence-electron chi connectivity index (χ1n) is 7.82. The highest BCUT2D eigenvalue weighted by molar-refractivity contribution is 7.80. The minimum Gasteiger partial charge on any atom is -0.363 e. The van der Waals surface area contributed by atoms with Crippen LogP contribution in [-0.4, -0.2) is 42.1 Å². The molecule has 4 nitrogen and oxygen atoms in total. The molecule has 1 aromatic carbocycles. The van der Waals surface area contributed by atoms with E-state index in [4.69, 9.17) is 12.2 Å². The summed E-state index contributed by atoms with van der Waals surface area (Å²) in [5.74, 6) is -10.2. The van der Waals surface area contributed by atoms with Gasteiger partial charge in [0.05, 0.1) is 0 Å². The predicted octanol–water partition coefficient (Wildman–Crippen LogP) is 2.95. The van der Waals surface area contributed by atoms with Crippen molar-refractivity contribution in [2.75, 3.05) is 31.1 Å². The van der Waals surface area contributed by atoms with E-state index in [1.165, 1.54) is 0 Å². The summed E-state index contributed by atoms with van der Waals surface area (Å²) in [5.41, 5.74) is -1.60. The molecule has 0 spiro atoms. The maximum absolute atomic E-state index is 13.9. The van der Waals surface area contributed by atoms with Gasteiger partial charge in [0, 0.05) is 31.6 Å². The highest BCUT2D eigenvalue weighted by atomic mass is 32.1. The van der Waals surface area contributed by atoms with Gasteiger partial charge in [0.25, 0.3) is 0 Å². The van der Waals surface area contributed by atoms with Crippen LogP contribution in [0, 0.1) is 34.5 Å². The lowest BCUT2D eigenvalue weighted by atomic mass is 9.96. The fraction of sp³-hybridized carbons (Fsp3) is 0.500. The molecule has 0 radical (unpaired) electrons. The molecular weight excluding hydrogens is 377 g/mol. The average molecular weight is 395 g/mol. The van der Waals surface area contributed by atoms with Gasteiger partial charge < -0.3 is 15.1 Å². The van der Waals surface area contributed by atoms with Crippen LogP contribution in [0.2, 0.25) is 0 Å². The molecule has 1 saturated heterocycles. The summed E-state index contributed by atoms with van der Waals surface area (Å²) in [5, 5.41) is 2.73. The van der Waals surface area contributed by atoms with Crippen molar-refractivity contribution in [1.82, 2.24) is 10.2 Å². The van der Waals surface area contributed by atoms with Crippen LogP contribution >= 0.6 is 12.2 Å². The number of amides is 1. The van der Waals surface area contributed by atoms with Crippen LogP contribution < -0.4 is 10.2 Å². The van der Waals surface area contributed by atoms with E-state index in [2.05, 4.69) is 5.32 Å². The smallest absolute Gasteiger partial charge is 0.231 e. The molecule has 2 rings (SSSR count). The van der Waals surface area contributed by atoms with Crippen molar-refractivity contribution in [3.8, 4) is 0 Å². The van der Waals surface area contributed by atoms with E-state index in [0.717, 1.165) is 4.90 Å². The van der Waals surface area contributed by atoms with Gasteiger partial charge in [-0.1, -0.05) is 20.8 Å². The van der Waals surface area contributed by atoms with Gasteiger partial charge in [-0.05, 0) is 12.2 Å². The van der Waals surface area contributed by atoms with Crippen molar-refractivity contribution in [2.45, 2.75) is 20.8 Å². The lowest BCUT2D eigenvalue weighted by molar-refractivity contribution is -0.127. The number of nitrogens with zero attached hydrogens (tertiary/aromatic N) is 2. The molecule has 144 valence electrons. The molecule has 0 unspecified atom stereocenters. The van der Waals surface area contributed by atoms with Gasteiger partial charge in [-0.2, -0.15) is 0 Å². The maximum atomic E-state index is 13.9. The second-order valence-corrected chi connectivity index (χ2v) is 7.29. The first-order chi connectivity index (χ1) is 11.9. The summed E-state index contributed by atoms with van der Waals surface area (Å²) in [7, 11) is 0. The molecule has 1 heterocycles. The molecule has 1 amide bonds. The number of piperazine rings is 1. The first kappa shape index (κ1) is 20.3. The van der Waals surface area contributed by atoms with E-state index >= 15 is 0 Å². The van der Waals surface area contributed by atoms with Crippen LogP contribution in [0.3, 0.4) is 0 Å². The van der Waals surface area contributed by atoms with Gasteiger partial charge >= 0.3 is 0 Å². The molecule has 0 atom stereocenters. The Bertz CT molecular complexity index is 713. The Kier molecular flexibility index (Phi) is 5.74. The van der Waals surface area contributed by atoms with Crippen LogP contribution in [0.25, 0.3) is 0 Å². The zero-order valence-electron chi connectivity index (χ0n) is 14.4. The van der Waals surface area contributed by atoms with Crippen LogP contribution in [-0.2, 0) is 4.79 Å². The van der Waals surface area contributed by atoms with E-state index in [1.54, 1.807) is 25.7 Å². The van der Waals surface area contributed by atoms with Gasteiger partial charge in [0.2, 0.25) is 11.7 Å². The molecule has 1 aliphatic heterocycles. The van der Waals surface area contributed by atoms with Crippen LogP contribution in [0.4, 0.5) is 27.6 Å². The Hall–Kier alpha value is -1.97. The van der Waals surface area contributed by atoms with Crippen molar-refractivity contribution in [1.29, 1.82) is 0 Å². The van der Waals surface area contributed by atoms with Crippen molar-refractivity contribution < 1.29 is 26.7 Å². The fourth-order valence-electron chi connectivity index (χ4n) is 2.37. The number of carbonyl (C=O) groups excluding carboxylic acids is 1. The van der Waals surface area contributed by atoms with Crippen LogP contribution in [0.15, 0.2) is 0 Å². The van der Waals surface area contributed by atoms with Gasteiger partial charge in [-0.3, -0.25) is 4.79 Å².